The van der Waals surface area contributed by atoms with Crippen molar-refractivity contribution < 1.29 is 4.74 Å². The summed E-state index contributed by atoms with van der Waals surface area (Å²) in [6.07, 6.45) is 3.55. The van der Waals surface area contributed by atoms with Crippen LogP contribution in [0.1, 0.15) is 25.0 Å². The van der Waals surface area contributed by atoms with Crippen molar-refractivity contribution in [2.75, 3.05) is 13.2 Å². The van der Waals surface area contributed by atoms with Crippen LogP contribution in [0, 0.1) is 6.92 Å². The molecule has 2 aromatic rings. The molecule has 1 saturated carbocycles. The predicted octanol–water partition coefficient (Wildman–Crippen LogP) is 4.37. The van der Waals surface area contributed by atoms with Crippen molar-refractivity contribution in [1.29, 1.82) is 0 Å². The summed E-state index contributed by atoms with van der Waals surface area (Å²) in [6, 6.07) is 6.35. The molecule has 3 rings (SSSR count). The van der Waals surface area contributed by atoms with Crippen LogP contribution in [0.4, 0.5) is 0 Å². The predicted molar refractivity (Wildman–Crippen MR) is 87.6 cm³/mol. The van der Waals surface area contributed by atoms with Gasteiger partial charge in [-0.1, -0.05) is 23.2 Å². The van der Waals surface area contributed by atoms with Crippen LogP contribution in [-0.2, 0) is 0 Å². The van der Waals surface area contributed by atoms with Crippen molar-refractivity contribution in [3.05, 3.63) is 33.9 Å². The van der Waals surface area contributed by atoms with E-state index in [9.17, 15) is 0 Å². The molecule has 1 fully saturated rings. The number of aryl methyl sites for hydroxylation is 1. The van der Waals surface area contributed by atoms with Crippen molar-refractivity contribution >= 4 is 34.1 Å². The fraction of sp³-hybridized carbons (Fsp3) is 0.438. The second kappa shape index (κ2) is 6.39. The zero-order valence-corrected chi connectivity index (χ0v) is 13.5. The van der Waals surface area contributed by atoms with Gasteiger partial charge in [-0.2, -0.15) is 0 Å². The van der Waals surface area contributed by atoms with Gasteiger partial charge in [-0.3, -0.25) is 0 Å². The van der Waals surface area contributed by atoms with E-state index in [2.05, 4.69) is 10.3 Å². The van der Waals surface area contributed by atoms with Gasteiger partial charge in [0, 0.05) is 17.1 Å². The molecule has 112 valence electrons. The molecule has 21 heavy (non-hydrogen) atoms. The third kappa shape index (κ3) is 3.60. The molecule has 0 saturated heterocycles. The lowest BCUT2D eigenvalue weighted by atomic mass is 10.2. The summed E-state index contributed by atoms with van der Waals surface area (Å²) in [6.45, 7) is 3.53. The summed E-state index contributed by atoms with van der Waals surface area (Å²) < 4.78 is 5.87. The molecular weight excluding hydrogens is 307 g/mol. The molecule has 1 aliphatic carbocycles. The lowest BCUT2D eigenvalue weighted by Gasteiger charge is -2.12. The largest absolute Gasteiger partial charge is 0.490 e. The Labute approximate surface area is 134 Å². The summed E-state index contributed by atoms with van der Waals surface area (Å²) in [5, 5.41) is 5.45. The van der Waals surface area contributed by atoms with E-state index in [1.54, 1.807) is 6.07 Å². The zero-order chi connectivity index (χ0) is 14.8. The third-order valence-corrected chi connectivity index (χ3v) is 4.15. The number of hydrogen-bond donors (Lipinski definition) is 1. The fourth-order valence-electron chi connectivity index (χ4n) is 2.27. The van der Waals surface area contributed by atoms with Gasteiger partial charge >= 0.3 is 0 Å². The SMILES string of the molecule is Cc1ccc2c(Cl)cc(Cl)c(OCCCNC3CC3)c2n1. The molecule has 1 aliphatic rings. The highest BCUT2D eigenvalue weighted by atomic mass is 35.5. The Morgan fingerprint density at radius 1 is 1.29 bits per heavy atom. The maximum atomic E-state index is 6.27. The Morgan fingerprint density at radius 2 is 2.10 bits per heavy atom. The first kappa shape index (κ1) is 14.9. The van der Waals surface area contributed by atoms with Crippen LogP contribution in [0.25, 0.3) is 10.9 Å². The molecule has 0 atom stereocenters. The lowest BCUT2D eigenvalue weighted by Crippen LogP contribution is -2.19. The Balaban J connectivity index is 1.74. The maximum Gasteiger partial charge on any atom is 0.164 e. The van der Waals surface area contributed by atoms with Gasteiger partial charge in [-0.05, 0) is 50.9 Å². The number of nitrogens with zero attached hydrogens (tertiary/aromatic N) is 1. The van der Waals surface area contributed by atoms with Gasteiger partial charge in [0.25, 0.3) is 0 Å². The zero-order valence-electron chi connectivity index (χ0n) is 12.0. The molecule has 0 spiro atoms. The monoisotopic (exact) mass is 324 g/mol. The topological polar surface area (TPSA) is 34.1 Å². The molecule has 1 aromatic heterocycles. The normalized spacial score (nSPS) is 14.6. The minimum absolute atomic E-state index is 0.515. The second-order valence-electron chi connectivity index (χ2n) is 5.45. The lowest BCUT2D eigenvalue weighted by molar-refractivity contribution is 0.311. The minimum atomic E-state index is 0.515. The summed E-state index contributed by atoms with van der Waals surface area (Å²) in [4.78, 5) is 4.52. The van der Waals surface area contributed by atoms with Gasteiger partial charge in [-0.25, -0.2) is 4.98 Å². The first-order valence-corrected chi connectivity index (χ1v) is 8.02. The van der Waals surface area contributed by atoms with Crippen LogP contribution in [-0.4, -0.2) is 24.2 Å². The van der Waals surface area contributed by atoms with Gasteiger partial charge in [0.15, 0.2) is 5.75 Å². The number of rotatable bonds is 6. The number of hydrogen-bond acceptors (Lipinski definition) is 3. The Kier molecular flexibility index (Phi) is 4.53. The molecule has 0 bridgehead atoms. The smallest absolute Gasteiger partial charge is 0.164 e. The molecule has 1 aromatic carbocycles. The molecule has 0 unspecified atom stereocenters. The fourth-order valence-corrected chi connectivity index (χ4v) is 2.84. The molecule has 3 nitrogen and oxygen atoms in total. The van der Waals surface area contributed by atoms with Gasteiger partial charge < -0.3 is 10.1 Å². The highest BCUT2D eigenvalue weighted by Crippen LogP contribution is 2.37. The van der Waals surface area contributed by atoms with E-state index in [0.29, 0.717) is 22.4 Å². The third-order valence-electron chi connectivity index (χ3n) is 3.56. The van der Waals surface area contributed by atoms with Crippen molar-refractivity contribution in [2.24, 2.45) is 0 Å². The van der Waals surface area contributed by atoms with Crippen molar-refractivity contribution in [3.8, 4) is 5.75 Å². The highest BCUT2D eigenvalue weighted by Gasteiger charge is 2.19. The average Bonchev–Trinajstić information content (AvgIpc) is 3.25. The molecule has 1 N–H and O–H groups in total. The summed E-state index contributed by atoms with van der Waals surface area (Å²) >= 11 is 12.5. The van der Waals surface area contributed by atoms with E-state index >= 15 is 0 Å². The van der Waals surface area contributed by atoms with E-state index in [-0.39, 0.29) is 0 Å². The first-order valence-electron chi connectivity index (χ1n) is 7.26. The molecule has 0 aliphatic heterocycles. The molecule has 0 radical (unpaired) electrons. The van der Waals surface area contributed by atoms with E-state index in [1.807, 2.05) is 19.1 Å². The van der Waals surface area contributed by atoms with E-state index in [4.69, 9.17) is 27.9 Å². The van der Waals surface area contributed by atoms with Gasteiger partial charge in [-0.15, -0.1) is 0 Å². The van der Waals surface area contributed by atoms with Gasteiger partial charge in [0.05, 0.1) is 16.7 Å². The van der Waals surface area contributed by atoms with Crippen LogP contribution >= 0.6 is 23.2 Å². The van der Waals surface area contributed by atoms with Crippen molar-refractivity contribution in [3.63, 3.8) is 0 Å². The molecular formula is C16H18Cl2N2O. The molecule has 5 heteroatoms. The van der Waals surface area contributed by atoms with Gasteiger partial charge in [0.2, 0.25) is 0 Å². The molecule has 0 amide bonds. The number of fused-ring (bicyclic) bond motifs is 1. The average molecular weight is 325 g/mol. The second-order valence-corrected chi connectivity index (χ2v) is 6.26. The Morgan fingerprint density at radius 3 is 2.86 bits per heavy atom. The first-order chi connectivity index (χ1) is 10.1. The van der Waals surface area contributed by atoms with E-state index < -0.39 is 0 Å². The van der Waals surface area contributed by atoms with Crippen LogP contribution in [0.15, 0.2) is 18.2 Å². The maximum absolute atomic E-state index is 6.27. The summed E-state index contributed by atoms with van der Waals surface area (Å²) in [5.74, 6) is 0.631. The van der Waals surface area contributed by atoms with E-state index in [0.717, 1.165) is 35.6 Å². The van der Waals surface area contributed by atoms with Crippen LogP contribution in [0.3, 0.4) is 0 Å². The Hall–Kier alpha value is -1.03. The van der Waals surface area contributed by atoms with Gasteiger partial charge in [0.1, 0.15) is 5.52 Å². The quantitative estimate of drug-likeness (QED) is 0.801. The summed E-state index contributed by atoms with van der Waals surface area (Å²) in [7, 11) is 0. The van der Waals surface area contributed by atoms with Crippen molar-refractivity contribution in [2.45, 2.75) is 32.2 Å². The van der Waals surface area contributed by atoms with Crippen LogP contribution in [0.2, 0.25) is 10.0 Å². The number of ether oxygens (including phenoxy) is 1. The number of aromatic nitrogens is 1. The van der Waals surface area contributed by atoms with Crippen molar-refractivity contribution in [1.82, 2.24) is 10.3 Å². The minimum Gasteiger partial charge on any atom is -0.490 e. The number of pyridine rings is 1. The number of halogens is 2. The standard InChI is InChI=1S/C16H18Cl2N2O/c1-10-3-6-12-13(17)9-14(18)16(15(12)20-10)21-8-2-7-19-11-4-5-11/h3,6,9,11,19H,2,4-5,7-8H2,1H3. The Bertz CT molecular complexity index is 656. The van der Waals surface area contributed by atoms with Crippen LogP contribution < -0.4 is 10.1 Å². The number of nitrogens with one attached hydrogen (secondary N) is 1. The number of benzene rings is 1. The van der Waals surface area contributed by atoms with Crippen LogP contribution in [0.5, 0.6) is 5.75 Å². The van der Waals surface area contributed by atoms with E-state index in [1.165, 1.54) is 12.8 Å². The highest BCUT2D eigenvalue weighted by molar-refractivity contribution is 6.39. The molecule has 1 heterocycles. The summed E-state index contributed by atoms with van der Waals surface area (Å²) in [5.41, 5.74) is 1.66.